The first kappa shape index (κ1) is 25.6. The van der Waals surface area contributed by atoms with Crippen LogP contribution in [0.1, 0.15) is 29.5 Å². The van der Waals surface area contributed by atoms with E-state index in [1.807, 2.05) is 30.3 Å². The highest BCUT2D eigenvalue weighted by Crippen LogP contribution is 2.44. The molecule has 4 amide bonds. The molecule has 8 nitrogen and oxygen atoms in total. The van der Waals surface area contributed by atoms with Crippen LogP contribution in [0.25, 0.3) is 0 Å². The number of nitriles is 1. The zero-order chi connectivity index (χ0) is 26.9. The summed E-state index contributed by atoms with van der Waals surface area (Å²) in [5, 5.41) is 11.7. The number of nitrogens with zero attached hydrogens (tertiary/aromatic N) is 3. The second-order valence-electron chi connectivity index (χ2n) is 9.17. The number of halogens is 2. The van der Waals surface area contributed by atoms with E-state index >= 15 is 0 Å². The van der Waals surface area contributed by atoms with Crippen LogP contribution in [0.2, 0.25) is 10.0 Å². The highest BCUT2D eigenvalue weighted by Gasteiger charge is 2.59. The normalized spacial score (nSPS) is 18.3. The molecular formula is C28H22Cl2N4O4. The molecule has 0 aromatic heterocycles. The lowest BCUT2D eigenvalue weighted by molar-refractivity contribution is -0.123. The molecule has 2 fully saturated rings. The van der Waals surface area contributed by atoms with Crippen LogP contribution in [0.3, 0.4) is 0 Å². The number of urea groups is 1. The molecule has 1 unspecified atom stereocenters. The number of carbonyl (C=O) groups is 3. The molecule has 3 aromatic rings. The van der Waals surface area contributed by atoms with E-state index in [0.29, 0.717) is 31.4 Å². The minimum absolute atomic E-state index is 0.0537. The predicted octanol–water partition coefficient (Wildman–Crippen LogP) is 6.16. The molecule has 192 valence electrons. The molecule has 2 aliphatic heterocycles. The van der Waals surface area contributed by atoms with Crippen molar-refractivity contribution in [2.24, 2.45) is 0 Å². The summed E-state index contributed by atoms with van der Waals surface area (Å²) in [5.74, 6) is -0.362. The number of fused-ring (bicyclic) bond motifs is 1. The highest BCUT2D eigenvalue weighted by molar-refractivity contribution is 6.40. The van der Waals surface area contributed by atoms with Gasteiger partial charge in [0.15, 0.2) is 0 Å². The minimum atomic E-state index is -1.03. The Morgan fingerprint density at radius 2 is 1.71 bits per heavy atom. The van der Waals surface area contributed by atoms with Crippen LogP contribution in [-0.2, 0) is 22.6 Å². The summed E-state index contributed by atoms with van der Waals surface area (Å²) in [6.45, 7) is 0.514. The fourth-order valence-corrected chi connectivity index (χ4v) is 5.56. The molecule has 0 bridgehead atoms. The van der Waals surface area contributed by atoms with E-state index in [4.69, 9.17) is 33.2 Å². The van der Waals surface area contributed by atoms with Gasteiger partial charge in [0.1, 0.15) is 12.1 Å². The molecule has 0 aliphatic carbocycles. The number of hydrogen-bond donors (Lipinski definition) is 1. The van der Waals surface area contributed by atoms with Crippen LogP contribution in [0.15, 0.2) is 66.7 Å². The molecular weight excluding hydrogens is 527 g/mol. The molecule has 10 heteroatoms. The molecule has 2 aliphatic rings. The largest absolute Gasteiger partial charge is 0.444 e. The third-order valence-corrected chi connectivity index (χ3v) is 7.41. The Bertz CT molecular complexity index is 1430. The molecule has 38 heavy (non-hydrogen) atoms. The van der Waals surface area contributed by atoms with E-state index in [1.165, 1.54) is 12.1 Å². The maximum absolute atomic E-state index is 13.8. The maximum atomic E-state index is 13.8. The number of ether oxygens (including phenoxy) is 1. The van der Waals surface area contributed by atoms with Gasteiger partial charge in [0.2, 0.25) is 0 Å². The van der Waals surface area contributed by atoms with Crippen LogP contribution in [0.5, 0.6) is 0 Å². The van der Waals surface area contributed by atoms with Crippen LogP contribution < -0.4 is 10.2 Å². The van der Waals surface area contributed by atoms with Crippen molar-refractivity contribution in [3.05, 3.63) is 93.5 Å². The van der Waals surface area contributed by atoms with Gasteiger partial charge in [-0.25, -0.2) is 14.5 Å². The number of rotatable bonds is 6. The first-order valence-corrected chi connectivity index (χ1v) is 12.7. The second kappa shape index (κ2) is 10.4. The summed E-state index contributed by atoms with van der Waals surface area (Å²) in [6.07, 6.45) is 0.800. The molecule has 0 saturated carbocycles. The molecule has 2 heterocycles. The maximum Gasteiger partial charge on any atom is 0.412 e. The topological polar surface area (TPSA) is 103 Å². The van der Waals surface area contributed by atoms with Gasteiger partial charge >= 0.3 is 12.1 Å². The van der Waals surface area contributed by atoms with Crippen molar-refractivity contribution in [3.8, 4) is 6.07 Å². The van der Waals surface area contributed by atoms with E-state index in [1.54, 1.807) is 29.2 Å². The molecule has 5 rings (SSSR count). The molecule has 0 radical (unpaired) electrons. The predicted molar refractivity (Wildman–Crippen MR) is 143 cm³/mol. The van der Waals surface area contributed by atoms with Gasteiger partial charge in [-0.3, -0.25) is 10.1 Å². The average molecular weight is 549 g/mol. The SMILES string of the molecule is N#Cc1ccc(CC23CCCN2C(=O)N(c2cc(Cl)c(NC(=O)OCc4ccccc4)c(Cl)c2)C3=O)cc1. The van der Waals surface area contributed by atoms with E-state index in [0.717, 1.165) is 16.0 Å². The minimum Gasteiger partial charge on any atom is -0.444 e. The molecule has 1 N–H and O–H groups in total. The Morgan fingerprint density at radius 3 is 2.37 bits per heavy atom. The molecule has 2 saturated heterocycles. The van der Waals surface area contributed by atoms with Gasteiger partial charge in [-0.05, 0) is 48.2 Å². The van der Waals surface area contributed by atoms with Gasteiger partial charge in [-0.1, -0.05) is 65.7 Å². The Balaban J connectivity index is 1.36. The summed E-state index contributed by atoms with van der Waals surface area (Å²) in [4.78, 5) is 42.2. The van der Waals surface area contributed by atoms with Gasteiger partial charge in [0.05, 0.1) is 33.1 Å². The number of amides is 4. The fourth-order valence-electron chi connectivity index (χ4n) is 4.99. The lowest BCUT2D eigenvalue weighted by atomic mass is 9.87. The van der Waals surface area contributed by atoms with Gasteiger partial charge in [-0.15, -0.1) is 0 Å². The monoisotopic (exact) mass is 548 g/mol. The Labute approximate surface area is 229 Å². The van der Waals surface area contributed by atoms with Crippen molar-refractivity contribution in [1.29, 1.82) is 5.26 Å². The van der Waals surface area contributed by atoms with Crippen LogP contribution in [0, 0.1) is 11.3 Å². The number of hydrogen-bond acceptors (Lipinski definition) is 5. The number of nitrogens with one attached hydrogen (secondary N) is 1. The van der Waals surface area contributed by atoms with Crippen LogP contribution in [-0.4, -0.2) is 35.0 Å². The Morgan fingerprint density at radius 1 is 1.03 bits per heavy atom. The highest BCUT2D eigenvalue weighted by atomic mass is 35.5. The van der Waals surface area contributed by atoms with Gasteiger partial charge in [-0.2, -0.15) is 5.26 Å². The van der Waals surface area contributed by atoms with Crippen molar-refractivity contribution in [2.75, 3.05) is 16.8 Å². The van der Waals surface area contributed by atoms with E-state index in [2.05, 4.69) is 11.4 Å². The molecule has 0 spiro atoms. The first-order chi connectivity index (χ1) is 18.3. The van der Waals surface area contributed by atoms with E-state index in [9.17, 15) is 14.4 Å². The lowest BCUT2D eigenvalue weighted by Crippen LogP contribution is -2.47. The number of benzene rings is 3. The van der Waals surface area contributed by atoms with Crippen LogP contribution >= 0.6 is 23.2 Å². The zero-order valence-electron chi connectivity index (χ0n) is 20.1. The van der Waals surface area contributed by atoms with Crippen molar-refractivity contribution < 1.29 is 19.1 Å². The smallest absolute Gasteiger partial charge is 0.412 e. The molecule has 3 aromatic carbocycles. The summed E-state index contributed by atoms with van der Waals surface area (Å²) < 4.78 is 5.23. The second-order valence-corrected chi connectivity index (χ2v) is 9.98. The summed E-state index contributed by atoms with van der Waals surface area (Å²) in [7, 11) is 0. The van der Waals surface area contributed by atoms with Crippen molar-refractivity contribution in [1.82, 2.24) is 4.90 Å². The van der Waals surface area contributed by atoms with Gasteiger partial charge in [0, 0.05) is 13.0 Å². The average Bonchev–Trinajstić information content (AvgIpc) is 3.42. The Hall–Kier alpha value is -4.06. The van der Waals surface area contributed by atoms with Crippen molar-refractivity contribution in [3.63, 3.8) is 0 Å². The lowest BCUT2D eigenvalue weighted by Gasteiger charge is -2.28. The Kier molecular flexibility index (Phi) is 6.98. The molecule has 1 atom stereocenters. The summed E-state index contributed by atoms with van der Waals surface area (Å²) in [5.41, 5.74) is 1.49. The third kappa shape index (κ3) is 4.67. The third-order valence-electron chi connectivity index (χ3n) is 6.82. The summed E-state index contributed by atoms with van der Waals surface area (Å²) in [6, 6.07) is 20.7. The van der Waals surface area contributed by atoms with Gasteiger partial charge in [0.25, 0.3) is 5.91 Å². The fraction of sp³-hybridized carbons (Fsp3) is 0.214. The number of carbonyl (C=O) groups excluding carboxylic acids is 3. The van der Waals surface area contributed by atoms with Crippen molar-refractivity contribution in [2.45, 2.75) is 31.4 Å². The quantitative estimate of drug-likeness (QED) is 0.371. The van der Waals surface area contributed by atoms with Crippen molar-refractivity contribution >= 4 is 52.6 Å². The van der Waals surface area contributed by atoms with E-state index in [-0.39, 0.29) is 33.9 Å². The number of anilines is 2. The number of imide groups is 1. The zero-order valence-corrected chi connectivity index (χ0v) is 21.6. The standard InChI is InChI=1S/C28H22Cl2N4O4/c29-22-13-21(14-23(30)24(22)32-26(36)38-17-20-5-2-1-3-6-20)34-25(35)28(11-4-12-33(28)27(34)37)15-18-7-9-19(16-31)10-8-18/h1-3,5-10,13-14H,4,11-12,15,17H2,(H,32,36). The van der Waals surface area contributed by atoms with E-state index < -0.39 is 17.7 Å². The van der Waals surface area contributed by atoms with Crippen LogP contribution in [0.4, 0.5) is 21.0 Å². The summed E-state index contributed by atoms with van der Waals surface area (Å²) >= 11 is 12.9. The first-order valence-electron chi connectivity index (χ1n) is 11.9. The van der Waals surface area contributed by atoms with Gasteiger partial charge < -0.3 is 9.64 Å².